The number of carboxylic acid groups (broad SMARTS) is 1. The van der Waals surface area contributed by atoms with Gasteiger partial charge in [-0.05, 0) is 48.1 Å². The number of benzene rings is 2. The fraction of sp³-hybridized carbons (Fsp3) is 0.263. The number of carbonyl (C=O) groups is 3. The number of ether oxygens (including phenoxy) is 1. The highest BCUT2D eigenvalue weighted by molar-refractivity contribution is 7.14. The van der Waals surface area contributed by atoms with E-state index < -0.39 is 23.8 Å². The summed E-state index contributed by atoms with van der Waals surface area (Å²) in [5.41, 5.74) is 4.26. The minimum Gasteiger partial charge on any atom is -0.480 e. The topological polar surface area (TPSA) is 131 Å². The molecule has 246 valence electrons. The van der Waals surface area contributed by atoms with Crippen LogP contribution in [0.2, 0.25) is 0 Å². The summed E-state index contributed by atoms with van der Waals surface area (Å²) in [5.74, 6) is -1.44. The molecule has 9 nitrogen and oxygen atoms in total. The Morgan fingerprint density at radius 3 is 2.08 bits per heavy atom. The molecule has 2 N–H and O–H groups in total. The number of Topliss-reactive ketones (excluding diaryl/α,β-unsaturated/α-hetero) is 1. The summed E-state index contributed by atoms with van der Waals surface area (Å²) in [6, 6.07) is 23.8. The molecule has 0 aliphatic heterocycles. The molecule has 0 aliphatic rings. The van der Waals surface area contributed by atoms with Crippen molar-refractivity contribution in [1.29, 1.82) is 0 Å². The Hall–Kier alpha value is -5.22. The van der Waals surface area contributed by atoms with Gasteiger partial charge in [0.15, 0.2) is 11.6 Å². The lowest BCUT2D eigenvalue weighted by Crippen LogP contribution is -2.42. The van der Waals surface area contributed by atoms with Crippen molar-refractivity contribution in [2.75, 3.05) is 0 Å². The first-order chi connectivity index (χ1) is 23.0. The van der Waals surface area contributed by atoms with Crippen LogP contribution in [-0.4, -0.2) is 43.8 Å². The molecule has 0 radical (unpaired) electrons. The summed E-state index contributed by atoms with van der Waals surface area (Å²) < 4.78 is 5.78. The van der Waals surface area contributed by atoms with Gasteiger partial charge in [-0.1, -0.05) is 75.4 Å². The van der Waals surface area contributed by atoms with E-state index in [4.69, 9.17) is 4.74 Å². The van der Waals surface area contributed by atoms with Gasteiger partial charge < -0.3 is 15.2 Å². The van der Waals surface area contributed by atoms with E-state index in [1.54, 1.807) is 24.7 Å². The highest BCUT2D eigenvalue weighted by Gasteiger charge is 2.27. The van der Waals surface area contributed by atoms with Gasteiger partial charge in [0.25, 0.3) is 0 Å². The van der Waals surface area contributed by atoms with E-state index in [1.165, 1.54) is 18.3 Å². The van der Waals surface area contributed by atoms with Crippen molar-refractivity contribution < 1.29 is 24.2 Å². The van der Waals surface area contributed by atoms with Crippen LogP contribution in [0.5, 0.6) is 5.88 Å². The van der Waals surface area contributed by atoms with Gasteiger partial charge in [-0.2, -0.15) is 0 Å². The number of aromatic nitrogens is 3. The van der Waals surface area contributed by atoms with Gasteiger partial charge in [0.2, 0.25) is 11.8 Å². The number of hydrogen-bond donors (Lipinski definition) is 2. The Morgan fingerprint density at radius 1 is 0.812 bits per heavy atom. The van der Waals surface area contributed by atoms with E-state index in [1.807, 2.05) is 72.8 Å². The van der Waals surface area contributed by atoms with Crippen LogP contribution >= 0.6 is 11.3 Å². The number of carboxylic acids is 1. The largest absolute Gasteiger partial charge is 0.480 e. The molecule has 3 aromatic heterocycles. The Bertz CT molecular complexity index is 1850. The number of aliphatic carboxylic acids is 1. The zero-order valence-corrected chi connectivity index (χ0v) is 28.2. The summed E-state index contributed by atoms with van der Waals surface area (Å²) in [5, 5.41) is 11.9. The van der Waals surface area contributed by atoms with Gasteiger partial charge in [-0.3, -0.25) is 14.4 Å². The van der Waals surface area contributed by atoms with Crippen LogP contribution in [0.3, 0.4) is 0 Å². The normalized spacial score (nSPS) is 12.6. The molecule has 3 heterocycles. The van der Waals surface area contributed by atoms with E-state index in [2.05, 4.69) is 41.0 Å². The fourth-order valence-electron chi connectivity index (χ4n) is 4.93. The summed E-state index contributed by atoms with van der Waals surface area (Å²) in [4.78, 5) is 53.0. The number of rotatable bonds is 13. The van der Waals surface area contributed by atoms with Crippen LogP contribution in [0.4, 0.5) is 0 Å². The minimum atomic E-state index is -1.14. The summed E-state index contributed by atoms with van der Waals surface area (Å²) in [6.45, 7) is 8.09. The molecule has 5 rings (SSSR count). The molecule has 5 aromatic rings. The quantitative estimate of drug-likeness (QED) is 0.127. The molecule has 0 fully saturated rings. The zero-order chi connectivity index (χ0) is 34.3. The van der Waals surface area contributed by atoms with Crippen LogP contribution in [-0.2, 0) is 28.0 Å². The van der Waals surface area contributed by atoms with Gasteiger partial charge in [0.05, 0.1) is 4.88 Å². The minimum absolute atomic E-state index is 0.0381. The van der Waals surface area contributed by atoms with Crippen LogP contribution < -0.4 is 10.1 Å². The average molecular weight is 663 g/mol. The first-order valence-electron chi connectivity index (χ1n) is 15.7. The van der Waals surface area contributed by atoms with Crippen molar-refractivity contribution in [3.8, 4) is 28.4 Å². The van der Waals surface area contributed by atoms with Crippen LogP contribution in [0.15, 0.2) is 97.5 Å². The number of hydrogen-bond acceptors (Lipinski definition) is 8. The van der Waals surface area contributed by atoms with Gasteiger partial charge in [0.1, 0.15) is 12.6 Å². The van der Waals surface area contributed by atoms with Gasteiger partial charge in [0, 0.05) is 58.6 Å². The second-order valence-corrected chi connectivity index (χ2v) is 13.7. The van der Waals surface area contributed by atoms with Crippen molar-refractivity contribution in [3.63, 3.8) is 0 Å². The Kier molecular flexibility index (Phi) is 10.8. The number of ketones is 1. The molecular formula is C38H38N4O5S. The third-order valence-electron chi connectivity index (χ3n) is 7.80. The first kappa shape index (κ1) is 34.1. The summed E-state index contributed by atoms with van der Waals surface area (Å²) in [7, 11) is 0. The van der Waals surface area contributed by atoms with Crippen LogP contribution in [0.1, 0.15) is 59.8 Å². The van der Waals surface area contributed by atoms with E-state index >= 15 is 0 Å². The maximum Gasteiger partial charge on any atom is 0.325 e. The molecule has 0 spiro atoms. The van der Waals surface area contributed by atoms with E-state index in [0.717, 1.165) is 32.7 Å². The van der Waals surface area contributed by atoms with Gasteiger partial charge in [-0.25, -0.2) is 15.0 Å². The lowest BCUT2D eigenvalue weighted by atomic mass is 9.92. The van der Waals surface area contributed by atoms with Gasteiger partial charge in [-0.15, -0.1) is 11.3 Å². The van der Waals surface area contributed by atoms with E-state index in [0.29, 0.717) is 23.2 Å². The molecular weight excluding hydrogens is 625 g/mol. The van der Waals surface area contributed by atoms with Crippen LogP contribution in [0, 0.1) is 5.92 Å². The predicted octanol–water partition coefficient (Wildman–Crippen LogP) is 7.16. The Labute approximate surface area is 284 Å². The standard InChI is InChI=1S/C38H38N4O5S/c1-24(37(45)46)42-36(44)29(19-31(43)32-15-16-33(48-32)38(2,3)4)18-25-10-12-27(13-11-25)35-40-21-30(22-41-35)28-14-17-34(39-20-28)47-23-26-8-6-5-7-9-26/h5-17,20-22,24,29H,18-19,23H2,1-4H3,(H,42,44)(H,45,46)/t24-,29-/m1/s1. The summed E-state index contributed by atoms with van der Waals surface area (Å²) >= 11 is 1.43. The molecule has 0 saturated heterocycles. The average Bonchev–Trinajstić information content (AvgIpc) is 3.60. The van der Waals surface area contributed by atoms with E-state index in [9.17, 15) is 19.5 Å². The molecule has 48 heavy (non-hydrogen) atoms. The molecule has 0 aliphatic carbocycles. The van der Waals surface area contributed by atoms with E-state index in [-0.39, 0.29) is 24.0 Å². The number of carbonyl (C=O) groups excluding carboxylic acids is 2. The molecule has 10 heteroatoms. The van der Waals surface area contributed by atoms with Crippen molar-refractivity contribution in [1.82, 2.24) is 20.3 Å². The molecule has 2 aromatic carbocycles. The maximum absolute atomic E-state index is 13.3. The van der Waals surface area contributed by atoms with Crippen molar-refractivity contribution in [2.45, 2.75) is 58.6 Å². The lowest BCUT2D eigenvalue weighted by Gasteiger charge is -2.18. The molecule has 0 unspecified atom stereocenters. The number of nitrogens with zero attached hydrogens (tertiary/aromatic N) is 3. The zero-order valence-electron chi connectivity index (χ0n) is 27.3. The monoisotopic (exact) mass is 662 g/mol. The number of nitrogens with one attached hydrogen (secondary N) is 1. The molecule has 0 bridgehead atoms. The molecule has 2 atom stereocenters. The SMILES string of the molecule is C[C@@H](NC(=O)[C@@H](CC(=O)c1ccc(C(C)(C)C)s1)Cc1ccc(-c2ncc(-c3ccc(OCc4ccccc4)nc3)cn2)cc1)C(=O)O. The van der Waals surface area contributed by atoms with Gasteiger partial charge >= 0.3 is 5.97 Å². The number of pyridine rings is 1. The number of thiophene rings is 1. The van der Waals surface area contributed by atoms with Crippen molar-refractivity contribution in [3.05, 3.63) is 118 Å². The highest BCUT2D eigenvalue weighted by atomic mass is 32.1. The third kappa shape index (κ3) is 8.98. The Balaban J connectivity index is 1.24. The Morgan fingerprint density at radius 2 is 1.48 bits per heavy atom. The maximum atomic E-state index is 13.3. The van der Waals surface area contributed by atoms with Crippen LogP contribution in [0.25, 0.3) is 22.5 Å². The first-order valence-corrected chi connectivity index (χ1v) is 16.5. The van der Waals surface area contributed by atoms with Crippen molar-refractivity contribution in [2.24, 2.45) is 5.92 Å². The smallest absolute Gasteiger partial charge is 0.325 e. The highest BCUT2D eigenvalue weighted by Crippen LogP contribution is 2.31. The fourth-order valence-corrected chi connectivity index (χ4v) is 5.95. The second-order valence-electron chi connectivity index (χ2n) is 12.7. The third-order valence-corrected chi connectivity index (χ3v) is 9.35. The number of amides is 1. The van der Waals surface area contributed by atoms with Crippen molar-refractivity contribution >= 4 is 29.0 Å². The molecule has 0 saturated carbocycles. The lowest BCUT2D eigenvalue weighted by molar-refractivity contribution is -0.141. The predicted molar refractivity (Wildman–Crippen MR) is 186 cm³/mol. The second kappa shape index (κ2) is 15.1. The summed E-state index contributed by atoms with van der Waals surface area (Å²) in [6.07, 6.45) is 5.43. The molecule has 1 amide bonds.